The van der Waals surface area contributed by atoms with E-state index in [1.54, 1.807) is 0 Å². The number of quaternary nitrogens is 1. The standard InChI is InChI=1S/C39H54N2O5S2/c1-3-38(14-4-5-15-38)20-29-28-10-9-27-26-12-16-39(34(27)33(28)36(43)45-29)30-11-8-23(2)21-47-48-22-41-31-19-24(13-17-40-31)25(7-6-18-42)32(26)35(39)37(44)46-30/h11,20,23-27,31,34,40-42H,3-10,12-19,21-22H2,1-2H3/p+1. The highest BCUT2D eigenvalue weighted by atomic mass is 33.1. The summed E-state index contributed by atoms with van der Waals surface area (Å²) in [6.07, 6.45) is 19.3. The number of esters is 2. The Morgan fingerprint density at radius 2 is 1.96 bits per heavy atom. The number of aliphatic hydroxyl groups excluding tert-OH is 1. The fraction of sp³-hybridized carbons (Fsp3) is 0.744. The molecular weight excluding hydrogens is 641 g/mol. The minimum absolute atomic E-state index is 0.0808. The van der Waals surface area contributed by atoms with Crippen molar-refractivity contribution in [3.63, 3.8) is 0 Å². The van der Waals surface area contributed by atoms with Crippen molar-refractivity contribution < 1.29 is 29.5 Å². The van der Waals surface area contributed by atoms with E-state index in [-0.39, 0.29) is 47.6 Å². The average molecular weight is 696 g/mol. The highest BCUT2D eigenvalue weighted by Crippen LogP contribution is 2.72. The van der Waals surface area contributed by atoms with Crippen LogP contribution in [-0.4, -0.2) is 48.0 Å². The van der Waals surface area contributed by atoms with Crippen LogP contribution >= 0.6 is 21.6 Å². The molecule has 8 unspecified atom stereocenters. The van der Waals surface area contributed by atoms with Crippen molar-refractivity contribution in [1.82, 2.24) is 5.32 Å². The summed E-state index contributed by atoms with van der Waals surface area (Å²) < 4.78 is 12.8. The molecule has 4 heterocycles. The Morgan fingerprint density at radius 3 is 2.77 bits per heavy atom. The van der Waals surface area contributed by atoms with Gasteiger partial charge in [-0.05, 0) is 111 Å². The topological polar surface area (TPSA) is 101 Å². The Balaban J connectivity index is 1.30. The number of carbonyl (C=O) groups is 2. The molecule has 0 radical (unpaired) electrons. The van der Waals surface area contributed by atoms with Crippen LogP contribution in [0.1, 0.15) is 104 Å². The Labute approximate surface area is 294 Å². The summed E-state index contributed by atoms with van der Waals surface area (Å²) >= 11 is 0. The SMILES string of the molecule is CCC1(C=C2OC(=O)C3=C2CCC2C4CCC5(C6=CCC(C)CSSCNC7CC(CC[NH2+]7)C(CCCO)C4=C5C(=O)O6)C32)CCCC1. The molecular formula is C39H55N2O5S2+. The minimum Gasteiger partial charge on any atom is -0.427 e. The number of allylic oxidation sites excluding steroid dienone is 5. The van der Waals surface area contributed by atoms with Crippen molar-refractivity contribution in [2.45, 2.75) is 110 Å². The van der Waals surface area contributed by atoms with E-state index in [1.165, 1.54) is 18.4 Å². The molecule has 4 fully saturated rings. The summed E-state index contributed by atoms with van der Waals surface area (Å²) in [6, 6.07) is 0. The zero-order valence-electron chi connectivity index (χ0n) is 28.9. The summed E-state index contributed by atoms with van der Waals surface area (Å²) in [5.41, 5.74) is 3.75. The van der Waals surface area contributed by atoms with Gasteiger partial charge in [-0.3, -0.25) is 5.32 Å². The van der Waals surface area contributed by atoms with Crippen molar-refractivity contribution in [2.24, 2.45) is 46.3 Å². The summed E-state index contributed by atoms with van der Waals surface area (Å²) in [5, 5.41) is 16.4. The van der Waals surface area contributed by atoms with Crippen LogP contribution in [0.3, 0.4) is 0 Å². The smallest absolute Gasteiger partial charge is 0.340 e. The first kappa shape index (κ1) is 33.6. The lowest BCUT2D eigenvalue weighted by Gasteiger charge is -2.58. The molecule has 48 heavy (non-hydrogen) atoms. The van der Waals surface area contributed by atoms with Crippen molar-refractivity contribution in [1.29, 1.82) is 0 Å². The van der Waals surface area contributed by atoms with Gasteiger partial charge in [0.1, 0.15) is 17.7 Å². The molecule has 7 bridgehead atoms. The van der Waals surface area contributed by atoms with E-state index in [0.29, 0.717) is 18.0 Å². The summed E-state index contributed by atoms with van der Waals surface area (Å²) in [6.45, 7) is 5.81. The molecule has 4 N–H and O–H groups in total. The average Bonchev–Trinajstić information content (AvgIpc) is 3.78. The fourth-order valence-electron chi connectivity index (χ4n) is 11.6. The maximum atomic E-state index is 14.5. The molecule has 8 atom stereocenters. The summed E-state index contributed by atoms with van der Waals surface area (Å²) in [4.78, 5) is 28.7. The van der Waals surface area contributed by atoms with E-state index in [2.05, 4.69) is 36.6 Å². The second kappa shape index (κ2) is 13.6. The van der Waals surface area contributed by atoms with Crippen LogP contribution in [0.25, 0.3) is 0 Å². The number of piperidine rings is 1. The van der Waals surface area contributed by atoms with Crippen LogP contribution in [-0.2, 0) is 19.1 Å². The third kappa shape index (κ3) is 5.52. The molecule has 7 nitrogen and oxygen atoms in total. The molecule has 9 rings (SSSR count). The molecule has 0 aromatic heterocycles. The quantitative estimate of drug-likeness (QED) is 0.221. The summed E-state index contributed by atoms with van der Waals surface area (Å²) in [7, 11) is 3.83. The number of carbonyl (C=O) groups excluding carboxylic acids is 2. The fourth-order valence-corrected chi connectivity index (χ4v) is 13.9. The first-order valence-electron chi connectivity index (χ1n) is 19.2. The van der Waals surface area contributed by atoms with Crippen molar-refractivity contribution in [2.75, 3.05) is 24.8 Å². The van der Waals surface area contributed by atoms with Gasteiger partial charge in [0.05, 0.1) is 23.4 Å². The molecule has 9 aliphatic rings. The normalized spacial score (nSPS) is 40.1. The lowest BCUT2D eigenvalue weighted by Crippen LogP contribution is -2.95. The molecule has 262 valence electrons. The van der Waals surface area contributed by atoms with E-state index >= 15 is 0 Å². The second-order valence-corrected chi connectivity index (χ2v) is 18.8. The van der Waals surface area contributed by atoms with Gasteiger partial charge in [-0.2, -0.15) is 0 Å². The van der Waals surface area contributed by atoms with E-state index in [4.69, 9.17) is 9.47 Å². The van der Waals surface area contributed by atoms with Gasteiger partial charge in [0.2, 0.25) is 0 Å². The van der Waals surface area contributed by atoms with Gasteiger partial charge in [-0.25, -0.2) is 9.59 Å². The van der Waals surface area contributed by atoms with Gasteiger partial charge in [-0.1, -0.05) is 53.9 Å². The Bertz CT molecular complexity index is 1450. The lowest BCUT2D eigenvalue weighted by molar-refractivity contribution is -0.705. The predicted molar refractivity (Wildman–Crippen MR) is 190 cm³/mol. The lowest BCUT2D eigenvalue weighted by atomic mass is 9.43. The number of aliphatic hydroxyl groups is 1. The molecule has 9 heteroatoms. The van der Waals surface area contributed by atoms with Gasteiger partial charge in [0.25, 0.3) is 0 Å². The number of nitrogens with one attached hydrogen (secondary N) is 1. The Morgan fingerprint density at radius 1 is 1.10 bits per heavy atom. The van der Waals surface area contributed by atoms with E-state index < -0.39 is 5.41 Å². The molecule has 0 aromatic carbocycles. The number of hydrogen-bond acceptors (Lipinski definition) is 8. The van der Waals surface area contributed by atoms with E-state index in [1.807, 2.05) is 21.6 Å². The van der Waals surface area contributed by atoms with Crippen LogP contribution in [0.15, 0.2) is 46.0 Å². The molecule has 0 amide bonds. The predicted octanol–water partition coefficient (Wildman–Crippen LogP) is 6.52. The highest BCUT2D eigenvalue weighted by molar-refractivity contribution is 8.76. The van der Waals surface area contributed by atoms with Crippen LogP contribution in [0.4, 0.5) is 0 Å². The maximum absolute atomic E-state index is 14.5. The number of rotatable bonds is 5. The first-order chi connectivity index (χ1) is 23.4. The third-order valence-electron chi connectivity index (χ3n) is 13.9. The van der Waals surface area contributed by atoms with Crippen LogP contribution in [0, 0.1) is 46.3 Å². The van der Waals surface area contributed by atoms with Gasteiger partial charge in [0, 0.05) is 42.3 Å². The number of cyclic esters (lactones) is 1. The Kier molecular flexibility index (Phi) is 9.49. The summed E-state index contributed by atoms with van der Waals surface area (Å²) in [5.74, 6) is 4.87. The number of hydrogen-bond donors (Lipinski definition) is 3. The highest BCUT2D eigenvalue weighted by Gasteiger charge is 2.69. The van der Waals surface area contributed by atoms with Crippen LogP contribution in [0.2, 0.25) is 0 Å². The largest absolute Gasteiger partial charge is 0.427 e. The number of fused-ring (bicyclic) bond motifs is 3. The van der Waals surface area contributed by atoms with Gasteiger partial charge >= 0.3 is 11.9 Å². The van der Waals surface area contributed by atoms with Crippen molar-refractivity contribution >= 4 is 33.5 Å². The Hall–Kier alpha value is -1.52. The monoisotopic (exact) mass is 695 g/mol. The minimum atomic E-state index is -0.605. The van der Waals surface area contributed by atoms with Gasteiger partial charge in [-0.15, -0.1) is 0 Å². The first-order valence-corrected chi connectivity index (χ1v) is 21.7. The zero-order chi connectivity index (χ0) is 33.0. The van der Waals surface area contributed by atoms with Crippen LogP contribution in [0.5, 0.6) is 0 Å². The van der Waals surface area contributed by atoms with Gasteiger partial charge < -0.3 is 19.9 Å². The number of nitrogens with two attached hydrogens (primary N) is 1. The maximum Gasteiger partial charge on any atom is 0.340 e. The zero-order valence-corrected chi connectivity index (χ0v) is 30.5. The second-order valence-electron chi connectivity index (χ2n) is 16.3. The van der Waals surface area contributed by atoms with E-state index in [9.17, 15) is 14.7 Å². The molecule has 1 spiro atoms. The van der Waals surface area contributed by atoms with E-state index in [0.717, 1.165) is 123 Å². The van der Waals surface area contributed by atoms with Crippen LogP contribution < -0.4 is 10.6 Å². The third-order valence-corrected chi connectivity index (χ3v) is 16.3. The molecule has 2 saturated heterocycles. The molecule has 4 aliphatic heterocycles. The molecule has 0 aromatic rings. The molecule has 2 saturated carbocycles. The van der Waals surface area contributed by atoms with Crippen molar-refractivity contribution in [3.8, 4) is 0 Å². The van der Waals surface area contributed by atoms with Crippen molar-refractivity contribution in [3.05, 3.63) is 46.0 Å². The number of ether oxygens (including phenoxy) is 2. The molecule has 5 aliphatic carbocycles. The van der Waals surface area contributed by atoms with Gasteiger partial charge in [0.15, 0.2) is 0 Å².